The van der Waals surface area contributed by atoms with Gasteiger partial charge in [-0.25, -0.2) is 9.13 Å². The molecule has 6 heterocycles. The highest BCUT2D eigenvalue weighted by atomic mass is 16.7. The number of pyridine rings is 2. The first-order chi connectivity index (χ1) is 24.6. The number of azo groups is 2. The van der Waals surface area contributed by atoms with Gasteiger partial charge in [-0.3, -0.25) is 18.7 Å². The largest absolute Gasteiger partial charge is 0.452 e. The third kappa shape index (κ3) is 4.68. The van der Waals surface area contributed by atoms with Gasteiger partial charge in [0.1, 0.15) is 47.5 Å². The summed E-state index contributed by atoms with van der Waals surface area (Å²) < 4.78 is 17.0. The van der Waals surface area contributed by atoms with Crippen LogP contribution < -0.4 is 20.6 Å². The maximum Gasteiger partial charge on any atom is 0.452 e. The zero-order valence-electron chi connectivity index (χ0n) is 27.7. The van der Waals surface area contributed by atoms with E-state index in [1.165, 1.54) is 13.8 Å². The average molecular weight is 683 g/mol. The van der Waals surface area contributed by atoms with Crippen LogP contribution in [0.4, 0.5) is 23.3 Å². The van der Waals surface area contributed by atoms with Gasteiger partial charge >= 0.3 is 6.03 Å². The molecule has 0 saturated carbocycles. The predicted molar refractivity (Wildman–Crippen MR) is 169 cm³/mol. The molecule has 4 aromatic rings. The van der Waals surface area contributed by atoms with Crippen LogP contribution in [0.1, 0.15) is 72.7 Å². The first kappa shape index (κ1) is 34.4. The Morgan fingerprint density at radius 2 is 0.980 bits per heavy atom. The van der Waals surface area contributed by atoms with Crippen LogP contribution in [0.15, 0.2) is 30.0 Å². The fourth-order valence-electron chi connectivity index (χ4n) is 5.46. The molecular formula is C31H22N16O4. The molecule has 250 valence electrons. The molecule has 51 heavy (non-hydrogen) atoms. The van der Waals surface area contributed by atoms with E-state index in [1.54, 1.807) is 26.0 Å². The molecule has 0 unspecified atom stereocenters. The molecule has 0 aromatic carbocycles. The number of ether oxygens (including phenoxy) is 2. The van der Waals surface area contributed by atoms with Crippen molar-refractivity contribution in [2.45, 2.75) is 60.7 Å². The lowest BCUT2D eigenvalue weighted by Gasteiger charge is -2.38. The molecule has 0 fully saturated rings. The fraction of sp³-hybridized carbons (Fsp3) is 0.290. The molecule has 0 bridgehead atoms. The summed E-state index contributed by atoms with van der Waals surface area (Å²) in [4.78, 5) is 35.5. The van der Waals surface area contributed by atoms with Crippen molar-refractivity contribution in [1.82, 2.24) is 28.2 Å². The topological polar surface area (TPSA) is 290 Å². The highest BCUT2D eigenvalue weighted by Crippen LogP contribution is 2.47. The van der Waals surface area contributed by atoms with Crippen molar-refractivity contribution >= 4 is 23.3 Å². The molecule has 4 aromatic heterocycles. The van der Waals surface area contributed by atoms with Crippen molar-refractivity contribution in [3.05, 3.63) is 65.7 Å². The van der Waals surface area contributed by atoms with Gasteiger partial charge in [0.05, 0.1) is 0 Å². The van der Waals surface area contributed by atoms with Crippen molar-refractivity contribution in [3.63, 3.8) is 0 Å². The molecule has 0 N–H and O–H groups in total. The van der Waals surface area contributed by atoms with E-state index in [9.17, 15) is 41.2 Å². The van der Waals surface area contributed by atoms with Gasteiger partial charge < -0.3 is 9.47 Å². The van der Waals surface area contributed by atoms with Crippen LogP contribution in [0, 0.1) is 81.8 Å². The summed E-state index contributed by atoms with van der Waals surface area (Å²) in [5.41, 5.74) is -4.71. The van der Waals surface area contributed by atoms with Gasteiger partial charge in [-0.2, -0.15) is 41.5 Å². The molecule has 2 aliphatic rings. The summed E-state index contributed by atoms with van der Waals surface area (Å²) >= 11 is 0. The van der Waals surface area contributed by atoms with E-state index in [-0.39, 0.29) is 46.7 Å². The Morgan fingerprint density at radius 3 is 1.27 bits per heavy atom. The Kier molecular flexibility index (Phi) is 8.72. The van der Waals surface area contributed by atoms with E-state index in [0.29, 0.717) is 0 Å². The third-order valence-corrected chi connectivity index (χ3v) is 7.78. The quantitative estimate of drug-likeness (QED) is 0.289. The Hall–Kier alpha value is -7.94. The highest BCUT2D eigenvalue weighted by Gasteiger charge is 2.53. The monoisotopic (exact) mass is 682 g/mol. The minimum atomic E-state index is -2.92. The average Bonchev–Trinajstić information content (AvgIpc) is 3.68. The summed E-state index contributed by atoms with van der Waals surface area (Å²) in [5.74, 6) is -1.87. The van der Waals surface area contributed by atoms with E-state index < -0.39 is 63.6 Å². The fourth-order valence-corrected chi connectivity index (χ4v) is 5.46. The lowest BCUT2D eigenvalue weighted by molar-refractivity contribution is -0.212. The molecule has 0 atom stereocenters. The zero-order chi connectivity index (χ0) is 37.4. The second-order valence-corrected chi connectivity index (χ2v) is 10.1. The van der Waals surface area contributed by atoms with Gasteiger partial charge in [-0.05, 0) is 27.7 Å². The number of nitriles is 6. The van der Waals surface area contributed by atoms with Crippen LogP contribution >= 0.6 is 0 Å². The third-order valence-electron chi connectivity index (χ3n) is 7.78. The van der Waals surface area contributed by atoms with Crippen molar-refractivity contribution < 1.29 is 9.47 Å². The maximum atomic E-state index is 13.6. The molecule has 6 rings (SSSR count). The Bertz CT molecular complexity index is 2450. The molecule has 20 nitrogen and oxygen atoms in total. The summed E-state index contributed by atoms with van der Waals surface area (Å²) in [5, 5.41) is 77.3. The number of aromatic nitrogens is 6. The minimum Gasteiger partial charge on any atom is -0.398 e. The lowest BCUT2D eigenvalue weighted by atomic mass is 10.1. The Balaban J connectivity index is 0.00000248. The SMILES string of the molecule is CC.CCn1c2c(c(C)c(C#N)c1=O)N=Nc1nc(C#N)c(C#N)n1C1(O2)Oc2c(c(C)c(C#N)c(=O)n2CC)N=Nc2nc(C#N)c(C#N)n21. The molecule has 0 amide bonds. The van der Waals surface area contributed by atoms with Gasteiger partial charge in [0.15, 0.2) is 34.2 Å². The number of nitrogens with zero attached hydrogens (tertiary/aromatic N) is 16. The van der Waals surface area contributed by atoms with Crippen LogP contribution in [-0.2, 0) is 19.1 Å². The van der Waals surface area contributed by atoms with Gasteiger partial charge in [0, 0.05) is 24.2 Å². The second kappa shape index (κ2) is 12.9. The van der Waals surface area contributed by atoms with Crippen LogP contribution in [0.2, 0.25) is 0 Å². The van der Waals surface area contributed by atoms with E-state index in [4.69, 9.17) is 9.47 Å². The van der Waals surface area contributed by atoms with Crippen molar-refractivity contribution in [1.29, 1.82) is 31.6 Å². The minimum absolute atomic E-state index is 0.0158. The number of rotatable bonds is 2. The van der Waals surface area contributed by atoms with E-state index in [0.717, 1.165) is 18.3 Å². The molecule has 0 saturated heterocycles. The normalized spacial score (nSPS) is 14.5. The zero-order valence-corrected chi connectivity index (χ0v) is 27.7. The van der Waals surface area contributed by atoms with E-state index in [2.05, 4.69) is 30.4 Å². The first-order valence-corrected chi connectivity index (χ1v) is 15.0. The lowest BCUT2D eigenvalue weighted by Crippen LogP contribution is -2.54. The molecule has 0 radical (unpaired) electrons. The van der Waals surface area contributed by atoms with Crippen molar-refractivity contribution in [3.8, 4) is 48.2 Å². The second-order valence-electron chi connectivity index (χ2n) is 10.1. The standard InChI is InChI=1S/C29H16N16O4.C2H6/c1-5-42-23(46)15(7-30)13(3)21-25(42)48-29(44-19(11-34)17(9-32)36-27(44)40-38-21)45-20(12-35)18(10-33)37-28(45)41-39-22-14(4)16(8-31)24(47)43(6-2)26(22)49-29;1-2/h5-6H2,1-4H3;1-2H3. The van der Waals surface area contributed by atoms with Crippen LogP contribution in [-0.4, -0.2) is 28.2 Å². The van der Waals surface area contributed by atoms with Gasteiger partial charge in [0.2, 0.25) is 11.8 Å². The number of hydrogen-bond acceptors (Lipinski definition) is 16. The van der Waals surface area contributed by atoms with Crippen molar-refractivity contribution in [2.75, 3.05) is 0 Å². The Labute approximate surface area is 287 Å². The first-order valence-electron chi connectivity index (χ1n) is 15.0. The summed E-state index contributed by atoms with van der Waals surface area (Å²) in [6, 6.07) is 8.02. The molecule has 0 aliphatic carbocycles. The molecule has 2 aliphatic heterocycles. The predicted octanol–water partition coefficient (Wildman–Crippen LogP) is 4.05. The Morgan fingerprint density at radius 1 is 0.608 bits per heavy atom. The molecular weight excluding hydrogens is 660 g/mol. The number of imidazole rings is 2. The number of hydrogen-bond donors (Lipinski definition) is 0. The molecule has 1 spiro atoms. The van der Waals surface area contributed by atoms with E-state index >= 15 is 0 Å². The van der Waals surface area contributed by atoms with Crippen LogP contribution in [0.5, 0.6) is 11.8 Å². The van der Waals surface area contributed by atoms with Gasteiger partial charge in [0.25, 0.3) is 23.0 Å². The molecule has 20 heteroatoms. The highest BCUT2D eigenvalue weighted by molar-refractivity contribution is 5.63. The number of fused-ring (bicyclic) bond motifs is 6. The summed E-state index contributed by atoms with van der Waals surface area (Å²) in [6.07, 6.45) is 0. The van der Waals surface area contributed by atoms with Crippen LogP contribution in [0.25, 0.3) is 0 Å². The maximum absolute atomic E-state index is 13.6. The smallest absolute Gasteiger partial charge is 0.398 e. The van der Waals surface area contributed by atoms with Crippen molar-refractivity contribution in [2.24, 2.45) is 20.5 Å². The summed E-state index contributed by atoms with van der Waals surface area (Å²) in [6.45, 7) is 9.68. The van der Waals surface area contributed by atoms with Crippen LogP contribution in [0.3, 0.4) is 0 Å². The van der Waals surface area contributed by atoms with Gasteiger partial charge in [-0.15, -0.1) is 20.5 Å². The van der Waals surface area contributed by atoms with E-state index in [1.807, 2.05) is 38.1 Å². The summed E-state index contributed by atoms with van der Waals surface area (Å²) in [7, 11) is 0. The van der Waals surface area contributed by atoms with Gasteiger partial charge in [-0.1, -0.05) is 13.8 Å².